The third-order valence-electron chi connectivity index (χ3n) is 6.46. The number of likely N-dealkylation sites (tertiary alicyclic amines) is 1. The van der Waals surface area contributed by atoms with E-state index in [9.17, 15) is 4.79 Å². The monoisotopic (exact) mass is 343 g/mol. The van der Waals surface area contributed by atoms with Crippen molar-refractivity contribution < 1.29 is 9.53 Å². The maximum atomic E-state index is 12.8. The summed E-state index contributed by atoms with van der Waals surface area (Å²) in [7, 11) is 0. The summed E-state index contributed by atoms with van der Waals surface area (Å²) in [4.78, 5) is 17.1. The molecule has 7 heteroatoms. The third kappa shape index (κ3) is 2.79. The molecule has 2 aliphatic carbocycles. The number of hydrogen-bond acceptors (Lipinski definition) is 5. The molecular formula is C18H25N5O2. The highest BCUT2D eigenvalue weighted by Gasteiger charge is 2.50. The van der Waals surface area contributed by atoms with Crippen molar-refractivity contribution in [1.82, 2.24) is 24.8 Å². The minimum absolute atomic E-state index is 0.0476. The van der Waals surface area contributed by atoms with Crippen LogP contribution in [0.25, 0.3) is 0 Å². The van der Waals surface area contributed by atoms with Crippen LogP contribution >= 0.6 is 0 Å². The summed E-state index contributed by atoms with van der Waals surface area (Å²) >= 11 is 0. The van der Waals surface area contributed by atoms with Crippen molar-refractivity contribution in [3.63, 3.8) is 0 Å². The van der Waals surface area contributed by atoms with Gasteiger partial charge in [-0.05, 0) is 30.1 Å². The molecule has 1 aromatic heterocycles. The molecule has 1 amide bonds. The van der Waals surface area contributed by atoms with Gasteiger partial charge in [-0.1, -0.05) is 17.4 Å². The first kappa shape index (κ1) is 15.5. The Kier molecular flexibility index (Phi) is 3.86. The Labute approximate surface area is 147 Å². The molecule has 3 fully saturated rings. The van der Waals surface area contributed by atoms with Crippen LogP contribution in [0.3, 0.4) is 0 Å². The molecule has 2 unspecified atom stereocenters. The first-order chi connectivity index (χ1) is 12.3. The molecule has 2 saturated heterocycles. The van der Waals surface area contributed by atoms with Gasteiger partial charge in [0.1, 0.15) is 0 Å². The first-order valence-corrected chi connectivity index (χ1v) is 9.46. The van der Waals surface area contributed by atoms with Crippen molar-refractivity contribution in [2.45, 2.75) is 13.0 Å². The largest absolute Gasteiger partial charge is 0.379 e. The average molecular weight is 343 g/mol. The molecular weight excluding hydrogens is 318 g/mol. The highest BCUT2D eigenvalue weighted by Crippen LogP contribution is 2.51. The van der Waals surface area contributed by atoms with Gasteiger partial charge in [-0.3, -0.25) is 14.4 Å². The molecule has 2 aliphatic heterocycles. The minimum Gasteiger partial charge on any atom is -0.379 e. The van der Waals surface area contributed by atoms with Gasteiger partial charge in [0.25, 0.3) is 5.91 Å². The second-order valence-electron chi connectivity index (χ2n) is 7.81. The van der Waals surface area contributed by atoms with Crippen LogP contribution in [0.4, 0.5) is 0 Å². The zero-order chi connectivity index (χ0) is 16.8. The molecule has 2 bridgehead atoms. The number of carbonyl (C=O) groups is 1. The van der Waals surface area contributed by atoms with Crippen molar-refractivity contribution in [1.29, 1.82) is 0 Å². The zero-order valence-corrected chi connectivity index (χ0v) is 14.5. The van der Waals surface area contributed by atoms with Crippen molar-refractivity contribution >= 4 is 5.91 Å². The van der Waals surface area contributed by atoms with Crippen LogP contribution in [0.5, 0.6) is 0 Å². The van der Waals surface area contributed by atoms with E-state index >= 15 is 0 Å². The predicted molar refractivity (Wildman–Crippen MR) is 90.9 cm³/mol. The fraction of sp³-hybridized carbons (Fsp3) is 0.722. The molecule has 1 saturated carbocycles. The van der Waals surface area contributed by atoms with Gasteiger partial charge in [-0.2, -0.15) is 0 Å². The number of amides is 1. The van der Waals surface area contributed by atoms with Crippen LogP contribution in [0, 0.1) is 23.7 Å². The van der Waals surface area contributed by atoms with Gasteiger partial charge in [0.05, 0.1) is 26.0 Å². The standard InChI is InChI=1S/C18H25N5O2/c24-18(22-10-15-13-1-2-14(9-13)16(15)11-22)17-12-23(20-19-17)4-3-21-5-7-25-8-6-21/h1-2,12-16H,3-11H2/t13?,14?,15-,16+. The van der Waals surface area contributed by atoms with Gasteiger partial charge in [-0.15, -0.1) is 5.10 Å². The van der Waals surface area contributed by atoms with Gasteiger partial charge < -0.3 is 9.64 Å². The molecule has 134 valence electrons. The lowest BCUT2D eigenvalue weighted by molar-refractivity contribution is 0.0359. The predicted octanol–water partition coefficient (Wildman–Crippen LogP) is 0.504. The van der Waals surface area contributed by atoms with E-state index in [4.69, 9.17) is 4.74 Å². The Hall–Kier alpha value is -1.73. The number of allylic oxidation sites excluding steroid dienone is 2. The number of fused-ring (bicyclic) bond motifs is 5. The van der Waals surface area contributed by atoms with E-state index in [0.29, 0.717) is 29.4 Å². The van der Waals surface area contributed by atoms with E-state index < -0.39 is 0 Å². The van der Waals surface area contributed by atoms with E-state index in [2.05, 4.69) is 27.4 Å². The van der Waals surface area contributed by atoms with Crippen molar-refractivity contribution in [3.8, 4) is 0 Å². The maximum absolute atomic E-state index is 12.8. The maximum Gasteiger partial charge on any atom is 0.276 e. The van der Waals surface area contributed by atoms with Gasteiger partial charge in [0, 0.05) is 32.7 Å². The minimum atomic E-state index is 0.0476. The van der Waals surface area contributed by atoms with Gasteiger partial charge >= 0.3 is 0 Å². The Morgan fingerprint density at radius 1 is 1.12 bits per heavy atom. The van der Waals surface area contributed by atoms with Gasteiger partial charge in [-0.25, -0.2) is 0 Å². The van der Waals surface area contributed by atoms with Gasteiger partial charge in [0.15, 0.2) is 5.69 Å². The van der Waals surface area contributed by atoms with Crippen molar-refractivity contribution in [3.05, 3.63) is 24.0 Å². The number of aromatic nitrogens is 3. The molecule has 4 atom stereocenters. The quantitative estimate of drug-likeness (QED) is 0.745. The van der Waals surface area contributed by atoms with Crippen molar-refractivity contribution in [2.24, 2.45) is 23.7 Å². The second-order valence-corrected chi connectivity index (χ2v) is 7.81. The number of ether oxygens (including phenoxy) is 1. The molecule has 0 spiro atoms. The van der Waals surface area contributed by atoms with E-state index in [0.717, 1.165) is 52.5 Å². The molecule has 0 radical (unpaired) electrons. The Bertz CT molecular complexity index is 661. The summed E-state index contributed by atoms with van der Waals surface area (Å²) in [5, 5.41) is 8.29. The van der Waals surface area contributed by atoms with Gasteiger partial charge in [0.2, 0.25) is 0 Å². The first-order valence-electron chi connectivity index (χ1n) is 9.46. The third-order valence-corrected chi connectivity index (χ3v) is 6.46. The van der Waals surface area contributed by atoms with Crippen LogP contribution in [-0.2, 0) is 11.3 Å². The highest BCUT2D eigenvalue weighted by atomic mass is 16.5. The SMILES string of the molecule is O=C(c1cn(CCN2CCOCC2)nn1)N1C[C@@H]2C3C=CC(C3)[C@@H]2C1. The zero-order valence-electron chi connectivity index (χ0n) is 14.5. The highest BCUT2D eigenvalue weighted by molar-refractivity contribution is 5.92. The lowest BCUT2D eigenvalue weighted by atomic mass is 9.86. The molecule has 3 heterocycles. The van der Waals surface area contributed by atoms with Crippen LogP contribution in [-0.4, -0.2) is 76.6 Å². The van der Waals surface area contributed by atoms with Crippen molar-refractivity contribution in [2.75, 3.05) is 45.9 Å². The fourth-order valence-corrected chi connectivity index (χ4v) is 5.05. The molecule has 25 heavy (non-hydrogen) atoms. The Balaban J connectivity index is 1.18. The van der Waals surface area contributed by atoms with Crippen LogP contribution < -0.4 is 0 Å². The number of morpholine rings is 1. The molecule has 0 N–H and O–H groups in total. The van der Waals surface area contributed by atoms with Crippen LogP contribution in [0.1, 0.15) is 16.9 Å². The van der Waals surface area contributed by atoms with E-state index in [-0.39, 0.29) is 5.91 Å². The van der Waals surface area contributed by atoms with Crippen LogP contribution in [0.2, 0.25) is 0 Å². The topological polar surface area (TPSA) is 63.5 Å². The molecule has 7 nitrogen and oxygen atoms in total. The number of rotatable bonds is 4. The average Bonchev–Trinajstić information content (AvgIpc) is 3.42. The van der Waals surface area contributed by atoms with Crippen LogP contribution in [0.15, 0.2) is 18.3 Å². The summed E-state index contributed by atoms with van der Waals surface area (Å²) in [5.74, 6) is 2.76. The summed E-state index contributed by atoms with van der Waals surface area (Å²) in [6, 6.07) is 0. The lowest BCUT2D eigenvalue weighted by Gasteiger charge is -2.26. The normalized spacial score (nSPS) is 34.0. The second kappa shape index (κ2) is 6.21. The lowest BCUT2D eigenvalue weighted by Crippen LogP contribution is -2.38. The number of carbonyl (C=O) groups excluding carboxylic acids is 1. The molecule has 1 aromatic rings. The smallest absolute Gasteiger partial charge is 0.276 e. The number of nitrogens with zero attached hydrogens (tertiary/aromatic N) is 5. The van der Waals surface area contributed by atoms with E-state index in [1.54, 1.807) is 4.68 Å². The van der Waals surface area contributed by atoms with E-state index in [1.807, 2.05) is 11.1 Å². The molecule has 5 rings (SSSR count). The van der Waals surface area contributed by atoms with E-state index in [1.165, 1.54) is 6.42 Å². The Morgan fingerprint density at radius 3 is 2.56 bits per heavy atom. The summed E-state index contributed by atoms with van der Waals surface area (Å²) in [5.41, 5.74) is 0.488. The summed E-state index contributed by atoms with van der Waals surface area (Å²) < 4.78 is 7.16. The Morgan fingerprint density at radius 2 is 1.84 bits per heavy atom. The summed E-state index contributed by atoms with van der Waals surface area (Å²) in [6.07, 6.45) is 7.84. The fourth-order valence-electron chi connectivity index (χ4n) is 5.05. The summed E-state index contributed by atoms with van der Waals surface area (Å²) in [6.45, 7) is 6.99. The molecule has 4 aliphatic rings. The molecule has 0 aromatic carbocycles. The number of hydrogen-bond donors (Lipinski definition) is 0.